The van der Waals surface area contributed by atoms with E-state index in [1.54, 1.807) is 0 Å². The van der Waals surface area contributed by atoms with Gasteiger partial charge in [0.05, 0.1) is 6.04 Å². The lowest BCUT2D eigenvalue weighted by Crippen LogP contribution is -2.43. The molecular formula is C6H11N3O3. The van der Waals surface area contributed by atoms with Crippen molar-refractivity contribution in [2.45, 2.75) is 18.9 Å². The van der Waals surface area contributed by atoms with Gasteiger partial charge in [-0.1, -0.05) is 5.16 Å². The second kappa shape index (κ2) is 3.29. The van der Waals surface area contributed by atoms with E-state index in [1.807, 2.05) is 0 Å². The zero-order valence-corrected chi connectivity index (χ0v) is 6.47. The van der Waals surface area contributed by atoms with Gasteiger partial charge in [0.15, 0.2) is 5.84 Å². The number of amidine groups is 1. The third-order valence-electron chi connectivity index (χ3n) is 1.96. The average Bonchev–Trinajstić information content (AvgIpc) is 2.50. The summed E-state index contributed by atoms with van der Waals surface area (Å²) in [6, 6.07) is -0.451. The molecule has 0 aromatic heterocycles. The summed E-state index contributed by atoms with van der Waals surface area (Å²) in [4.78, 5) is 11.7. The number of nitrogens with zero attached hydrogens (tertiary/aromatic N) is 2. The van der Waals surface area contributed by atoms with Crippen LogP contribution in [0.5, 0.6) is 0 Å². The largest absolute Gasteiger partial charge is 0.465 e. The number of nitrogens with two attached hydrogens (primary N) is 1. The smallest absolute Gasteiger partial charge is 0.407 e. The molecule has 0 spiro atoms. The molecule has 1 heterocycles. The number of likely N-dealkylation sites (tertiary alicyclic amines) is 1. The third-order valence-corrected chi connectivity index (χ3v) is 1.96. The van der Waals surface area contributed by atoms with Gasteiger partial charge >= 0.3 is 6.09 Å². The molecule has 68 valence electrons. The minimum absolute atomic E-state index is 0.0325. The number of carbonyl (C=O) groups is 1. The second-order valence-corrected chi connectivity index (χ2v) is 2.66. The summed E-state index contributed by atoms with van der Waals surface area (Å²) >= 11 is 0. The minimum atomic E-state index is -1.02. The average molecular weight is 173 g/mol. The Labute approximate surface area is 69.3 Å². The number of carboxylic acid groups (broad SMARTS) is 1. The van der Waals surface area contributed by atoms with Crippen molar-refractivity contribution in [1.29, 1.82) is 0 Å². The molecule has 4 N–H and O–H groups in total. The Kier molecular flexibility index (Phi) is 2.37. The Bertz CT molecular complexity index is 216. The van der Waals surface area contributed by atoms with E-state index in [1.165, 1.54) is 4.90 Å². The SMILES string of the molecule is N/C(=N\O)C1CCCN1C(=O)O. The lowest BCUT2D eigenvalue weighted by Gasteiger charge is -2.19. The van der Waals surface area contributed by atoms with E-state index in [9.17, 15) is 4.79 Å². The molecule has 1 aliphatic heterocycles. The molecule has 0 aromatic rings. The summed E-state index contributed by atoms with van der Waals surface area (Å²) in [6.45, 7) is 0.455. The molecule has 1 amide bonds. The van der Waals surface area contributed by atoms with Gasteiger partial charge in [-0.2, -0.15) is 0 Å². The van der Waals surface area contributed by atoms with Crippen molar-refractivity contribution in [2.75, 3.05) is 6.54 Å². The standard InChI is InChI=1S/C6H11N3O3/c7-5(8-12)4-2-1-3-9(4)6(10)11/h4,12H,1-3H2,(H2,7,8)(H,10,11). The molecule has 1 rings (SSSR count). The second-order valence-electron chi connectivity index (χ2n) is 2.66. The van der Waals surface area contributed by atoms with E-state index in [-0.39, 0.29) is 5.84 Å². The molecule has 0 aromatic carbocycles. The number of amides is 1. The van der Waals surface area contributed by atoms with Crippen LogP contribution in [-0.2, 0) is 0 Å². The summed E-state index contributed by atoms with van der Waals surface area (Å²) < 4.78 is 0. The normalized spacial score (nSPS) is 24.5. The van der Waals surface area contributed by atoms with Crippen molar-refractivity contribution in [2.24, 2.45) is 10.9 Å². The first kappa shape index (κ1) is 8.63. The number of oxime groups is 1. The zero-order chi connectivity index (χ0) is 9.14. The topological polar surface area (TPSA) is 99.2 Å². The third kappa shape index (κ3) is 1.41. The molecule has 0 aliphatic carbocycles. The maximum absolute atomic E-state index is 10.6. The number of hydrogen-bond acceptors (Lipinski definition) is 3. The van der Waals surface area contributed by atoms with E-state index >= 15 is 0 Å². The molecular weight excluding hydrogens is 162 g/mol. The highest BCUT2D eigenvalue weighted by Crippen LogP contribution is 2.16. The predicted octanol–water partition coefficient (Wildman–Crippen LogP) is -0.125. The highest BCUT2D eigenvalue weighted by atomic mass is 16.4. The van der Waals surface area contributed by atoms with Crippen molar-refractivity contribution < 1.29 is 15.1 Å². The van der Waals surface area contributed by atoms with E-state index in [0.29, 0.717) is 13.0 Å². The van der Waals surface area contributed by atoms with Gasteiger partial charge in [0.1, 0.15) is 0 Å². The van der Waals surface area contributed by atoms with Gasteiger partial charge < -0.3 is 16.0 Å². The van der Waals surface area contributed by atoms with Crippen LogP contribution in [-0.4, -0.2) is 39.7 Å². The molecule has 12 heavy (non-hydrogen) atoms. The fourth-order valence-corrected chi connectivity index (χ4v) is 1.37. The highest BCUT2D eigenvalue weighted by molar-refractivity contribution is 5.88. The van der Waals surface area contributed by atoms with Gasteiger partial charge in [0.2, 0.25) is 0 Å². The molecule has 6 heteroatoms. The van der Waals surface area contributed by atoms with Crippen LogP contribution in [0, 0.1) is 0 Å². The van der Waals surface area contributed by atoms with Crippen LogP contribution in [0.25, 0.3) is 0 Å². The molecule has 1 fully saturated rings. The van der Waals surface area contributed by atoms with Crippen LogP contribution in [0.2, 0.25) is 0 Å². The van der Waals surface area contributed by atoms with Gasteiger partial charge in [-0.15, -0.1) is 0 Å². The van der Waals surface area contributed by atoms with Crippen LogP contribution in [0.15, 0.2) is 5.16 Å². The van der Waals surface area contributed by atoms with Crippen LogP contribution < -0.4 is 5.73 Å². The highest BCUT2D eigenvalue weighted by Gasteiger charge is 2.31. The maximum Gasteiger partial charge on any atom is 0.407 e. The molecule has 6 nitrogen and oxygen atoms in total. The molecule has 0 saturated carbocycles. The Morgan fingerprint density at radius 1 is 1.67 bits per heavy atom. The van der Waals surface area contributed by atoms with Crippen molar-refractivity contribution in [3.8, 4) is 0 Å². The first-order valence-corrected chi connectivity index (χ1v) is 3.63. The first-order chi connectivity index (χ1) is 5.66. The van der Waals surface area contributed by atoms with Crippen LogP contribution in [0.3, 0.4) is 0 Å². The van der Waals surface area contributed by atoms with Gasteiger partial charge in [0, 0.05) is 6.54 Å². The summed E-state index contributed by atoms with van der Waals surface area (Å²) in [5.41, 5.74) is 5.30. The van der Waals surface area contributed by atoms with E-state index in [2.05, 4.69) is 5.16 Å². The fourth-order valence-electron chi connectivity index (χ4n) is 1.37. The Balaban J connectivity index is 2.70. The predicted molar refractivity (Wildman–Crippen MR) is 41.2 cm³/mol. The van der Waals surface area contributed by atoms with Crippen molar-refractivity contribution in [3.05, 3.63) is 0 Å². The van der Waals surface area contributed by atoms with Gasteiger partial charge in [-0.05, 0) is 12.8 Å². The van der Waals surface area contributed by atoms with E-state index in [0.717, 1.165) is 6.42 Å². The van der Waals surface area contributed by atoms with Crippen molar-refractivity contribution in [1.82, 2.24) is 4.90 Å². The summed E-state index contributed by atoms with van der Waals surface area (Å²) in [5.74, 6) is -0.0325. The van der Waals surface area contributed by atoms with E-state index < -0.39 is 12.1 Å². The minimum Gasteiger partial charge on any atom is -0.465 e. The van der Waals surface area contributed by atoms with Crippen molar-refractivity contribution in [3.63, 3.8) is 0 Å². The quantitative estimate of drug-likeness (QED) is 0.223. The fraction of sp³-hybridized carbons (Fsp3) is 0.667. The molecule has 1 aliphatic rings. The Morgan fingerprint density at radius 3 is 2.83 bits per heavy atom. The van der Waals surface area contributed by atoms with Crippen LogP contribution in [0.4, 0.5) is 4.79 Å². The lowest BCUT2D eigenvalue weighted by atomic mass is 10.2. The van der Waals surface area contributed by atoms with Gasteiger partial charge in [-0.3, -0.25) is 4.90 Å². The molecule has 1 saturated heterocycles. The molecule has 0 radical (unpaired) electrons. The first-order valence-electron chi connectivity index (χ1n) is 3.63. The number of rotatable bonds is 1. The lowest BCUT2D eigenvalue weighted by molar-refractivity contribution is 0.149. The van der Waals surface area contributed by atoms with Gasteiger partial charge in [-0.25, -0.2) is 4.79 Å². The molecule has 1 unspecified atom stereocenters. The Hall–Kier alpha value is -1.46. The Morgan fingerprint density at radius 2 is 2.33 bits per heavy atom. The molecule has 1 atom stereocenters. The summed E-state index contributed by atoms with van der Waals surface area (Å²) in [5, 5.41) is 19.8. The van der Waals surface area contributed by atoms with Crippen molar-refractivity contribution >= 4 is 11.9 Å². The monoisotopic (exact) mass is 173 g/mol. The maximum atomic E-state index is 10.6. The summed E-state index contributed by atoms with van der Waals surface area (Å²) in [7, 11) is 0. The van der Waals surface area contributed by atoms with Crippen LogP contribution >= 0.6 is 0 Å². The van der Waals surface area contributed by atoms with Crippen LogP contribution in [0.1, 0.15) is 12.8 Å². The van der Waals surface area contributed by atoms with E-state index in [4.69, 9.17) is 16.0 Å². The number of hydrogen-bond donors (Lipinski definition) is 3. The van der Waals surface area contributed by atoms with Gasteiger partial charge in [0.25, 0.3) is 0 Å². The summed E-state index contributed by atoms with van der Waals surface area (Å²) in [6.07, 6.45) is 0.360. The molecule has 0 bridgehead atoms. The zero-order valence-electron chi connectivity index (χ0n) is 6.47.